The Morgan fingerprint density at radius 1 is 1.19 bits per heavy atom. The van der Waals surface area contributed by atoms with Crippen LogP contribution < -0.4 is 5.32 Å². The second kappa shape index (κ2) is 8.24. The third-order valence-electron chi connectivity index (χ3n) is 5.22. The van der Waals surface area contributed by atoms with Crippen molar-refractivity contribution >= 4 is 5.91 Å². The van der Waals surface area contributed by atoms with Crippen LogP contribution in [0.3, 0.4) is 0 Å². The monoisotopic (exact) mass is 435 g/mol. The molecule has 0 saturated heterocycles. The van der Waals surface area contributed by atoms with E-state index in [9.17, 15) is 18.0 Å². The molecule has 0 spiro atoms. The fourth-order valence-corrected chi connectivity index (χ4v) is 3.54. The Kier molecular flexibility index (Phi) is 5.63. The van der Waals surface area contributed by atoms with Gasteiger partial charge in [-0.15, -0.1) is 0 Å². The van der Waals surface area contributed by atoms with E-state index >= 15 is 0 Å². The molecule has 0 atom stereocenters. The summed E-state index contributed by atoms with van der Waals surface area (Å²) in [5, 5.41) is 10.8. The van der Waals surface area contributed by atoms with E-state index < -0.39 is 11.9 Å². The molecular formula is C21H24F3N5O2. The molecule has 0 unspecified atom stereocenters. The number of carbonyl (C=O) groups excluding carboxylic acids is 1. The highest BCUT2D eigenvalue weighted by molar-refractivity contribution is 5.91. The zero-order chi connectivity index (χ0) is 22.2. The van der Waals surface area contributed by atoms with Gasteiger partial charge in [0, 0.05) is 30.4 Å². The van der Waals surface area contributed by atoms with Crippen LogP contribution >= 0.6 is 0 Å². The van der Waals surface area contributed by atoms with Gasteiger partial charge >= 0.3 is 6.18 Å². The molecule has 0 radical (unpaired) electrons. The second-order valence-corrected chi connectivity index (χ2v) is 7.91. The van der Waals surface area contributed by atoms with Gasteiger partial charge < -0.3 is 9.73 Å². The van der Waals surface area contributed by atoms with Gasteiger partial charge in [0.05, 0.1) is 12.2 Å². The van der Waals surface area contributed by atoms with Gasteiger partial charge in [-0.25, -0.2) is 0 Å². The Balaban J connectivity index is 1.29. The third kappa shape index (κ3) is 5.00. The van der Waals surface area contributed by atoms with Crippen molar-refractivity contribution in [3.63, 3.8) is 0 Å². The summed E-state index contributed by atoms with van der Waals surface area (Å²) in [6.45, 7) is 4.90. The van der Waals surface area contributed by atoms with Gasteiger partial charge in [0.15, 0.2) is 11.5 Å². The lowest BCUT2D eigenvalue weighted by molar-refractivity contribution is -0.141. The van der Waals surface area contributed by atoms with Gasteiger partial charge in [-0.2, -0.15) is 23.4 Å². The van der Waals surface area contributed by atoms with E-state index in [1.54, 1.807) is 16.8 Å². The second-order valence-electron chi connectivity index (χ2n) is 7.91. The first-order valence-electron chi connectivity index (χ1n) is 10.2. The minimum Gasteiger partial charge on any atom is -0.454 e. The molecule has 4 rings (SSSR count). The normalized spacial score (nSPS) is 14.2. The van der Waals surface area contributed by atoms with E-state index in [0.717, 1.165) is 30.3 Å². The average Bonchev–Trinajstić information content (AvgIpc) is 3.12. The smallest absolute Gasteiger partial charge is 0.435 e. The standard InChI is InChI=1S/C21H24F3N5O2/c1-13-10-14(2)29(26-13)12-16-6-7-18(31-16)20(30)25-8-3-9-28-17(15-4-5-15)11-19(27-28)21(22,23)24/h6-7,10-11,15H,3-5,8-9,12H2,1-2H3,(H,25,30). The molecule has 1 saturated carbocycles. The maximum absolute atomic E-state index is 13.0. The Morgan fingerprint density at radius 3 is 2.61 bits per heavy atom. The quantitative estimate of drug-likeness (QED) is 0.542. The summed E-state index contributed by atoms with van der Waals surface area (Å²) in [6, 6.07) is 6.44. The largest absolute Gasteiger partial charge is 0.454 e. The summed E-state index contributed by atoms with van der Waals surface area (Å²) in [5.74, 6) is 0.593. The molecule has 7 nitrogen and oxygen atoms in total. The van der Waals surface area contributed by atoms with Crippen LogP contribution in [0.25, 0.3) is 0 Å². The lowest BCUT2D eigenvalue weighted by Gasteiger charge is -2.07. The number of furan rings is 1. The van der Waals surface area contributed by atoms with E-state index in [1.165, 1.54) is 4.68 Å². The molecule has 0 aromatic carbocycles. The highest BCUT2D eigenvalue weighted by atomic mass is 19.4. The number of amides is 1. The predicted molar refractivity (Wildman–Crippen MR) is 106 cm³/mol. The van der Waals surface area contributed by atoms with Crippen LogP contribution in [0.15, 0.2) is 28.7 Å². The number of hydrogen-bond acceptors (Lipinski definition) is 4. The van der Waals surface area contributed by atoms with E-state index in [1.807, 2.05) is 19.9 Å². The van der Waals surface area contributed by atoms with Crippen molar-refractivity contribution in [2.75, 3.05) is 6.54 Å². The zero-order valence-electron chi connectivity index (χ0n) is 17.4. The molecule has 1 aliphatic rings. The maximum Gasteiger partial charge on any atom is 0.435 e. The van der Waals surface area contributed by atoms with Gasteiger partial charge in [0.25, 0.3) is 5.91 Å². The molecule has 1 fully saturated rings. The van der Waals surface area contributed by atoms with Gasteiger partial charge in [-0.05, 0) is 57.4 Å². The van der Waals surface area contributed by atoms with Gasteiger partial charge in [-0.3, -0.25) is 14.2 Å². The summed E-state index contributed by atoms with van der Waals surface area (Å²) in [4.78, 5) is 12.3. The number of alkyl halides is 3. The minimum atomic E-state index is -4.45. The van der Waals surface area contributed by atoms with Crippen molar-refractivity contribution in [1.29, 1.82) is 0 Å². The summed E-state index contributed by atoms with van der Waals surface area (Å²) in [6.07, 6.45) is -2.21. The first-order chi connectivity index (χ1) is 14.7. The zero-order valence-corrected chi connectivity index (χ0v) is 17.4. The number of carbonyl (C=O) groups is 1. The van der Waals surface area contributed by atoms with Crippen molar-refractivity contribution in [3.8, 4) is 0 Å². The highest BCUT2D eigenvalue weighted by Crippen LogP contribution is 2.42. The number of aromatic nitrogens is 4. The summed E-state index contributed by atoms with van der Waals surface area (Å²) >= 11 is 0. The van der Waals surface area contributed by atoms with Crippen molar-refractivity contribution in [2.45, 2.75) is 58.3 Å². The van der Waals surface area contributed by atoms with Gasteiger partial charge in [-0.1, -0.05) is 0 Å². The van der Waals surface area contributed by atoms with E-state index in [0.29, 0.717) is 37.5 Å². The summed E-state index contributed by atoms with van der Waals surface area (Å²) in [5.41, 5.74) is 1.67. The topological polar surface area (TPSA) is 77.9 Å². The predicted octanol–water partition coefficient (Wildman–Crippen LogP) is 4.05. The van der Waals surface area contributed by atoms with Gasteiger partial charge in [0.1, 0.15) is 5.76 Å². The molecule has 0 aliphatic heterocycles. The van der Waals surface area contributed by atoms with Crippen LogP contribution in [0.5, 0.6) is 0 Å². The summed E-state index contributed by atoms with van der Waals surface area (Å²) < 4.78 is 47.7. The van der Waals surface area contributed by atoms with Crippen LogP contribution in [-0.4, -0.2) is 32.0 Å². The fourth-order valence-electron chi connectivity index (χ4n) is 3.54. The first kappa shape index (κ1) is 21.2. The Morgan fingerprint density at radius 2 is 1.97 bits per heavy atom. The lowest BCUT2D eigenvalue weighted by atomic mass is 10.2. The SMILES string of the molecule is Cc1cc(C)n(Cc2ccc(C(=O)NCCCn3nc(C(F)(F)F)cc3C3CC3)o2)n1. The van der Waals surface area contributed by atoms with Crippen molar-refractivity contribution in [3.05, 3.63) is 58.6 Å². The Labute approximate surface area is 177 Å². The number of halogens is 3. The molecule has 0 bridgehead atoms. The molecule has 10 heteroatoms. The average molecular weight is 435 g/mol. The third-order valence-corrected chi connectivity index (χ3v) is 5.22. The summed E-state index contributed by atoms with van der Waals surface area (Å²) in [7, 11) is 0. The van der Waals surface area contributed by atoms with Crippen molar-refractivity contribution in [2.24, 2.45) is 0 Å². The number of hydrogen-bond donors (Lipinski definition) is 1. The van der Waals surface area contributed by atoms with Gasteiger partial charge in [0.2, 0.25) is 0 Å². The van der Waals surface area contributed by atoms with Crippen LogP contribution in [0.1, 0.15) is 64.3 Å². The van der Waals surface area contributed by atoms with E-state index in [2.05, 4.69) is 15.5 Å². The van der Waals surface area contributed by atoms with E-state index in [-0.39, 0.29) is 17.6 Å². The Hall–Kier alpha value is -3.04. The first-order valence-corrected chi connectivity index (χ1v) is 10.2. The number of aryl methyl sites for hydroxylation is 3. The lowest BCUT2D eigenvalue weighted by Crippen LogP contribution is -2.25. The molecule has 3 heterocycles. The Bertz CT molecular complexity index is 1080. The van der Waals surface area contributed by atoms with Crippen LogP contribution in [0.4, 0.5) is 13.2 Å². The molecule has 166 valence electrons. The van der Waals surface area contributed by atoms with Crippen LogP contribution in [0.2, 0.25) is 0 Å². The molecule has 3 aromatic heterocycles. The van der Waals surface area contributed by atoms with E-state index in [4.69, 9.17) is 4.42 Å². The number of rotatable bonds is 8. The van der Waals surface area contributed by atoms with Crippen molar-refractivity contribution in [1.82, 2.24) is 24.9 Å². The molecule has 1 amide bonds. The fraction of sp³-hybridized carbons (Fsp3) is 0.476. The molecule has 1 aliphatic carbocycles. The number of nitrogens with zero attached hydrogens (tertiary/aromatic N) is 4. The van der Waals surface area contributed by atoms with Crippen LogP contribution in [-0.2, 0) is 19.3 Å². The molecule has 3 aromatic rings. The molecule has 1 N–H and O–H groups in total. The maximum atomic E-state index is 13.0. The molecule has 31 heavy (non-hydrogen) atoms. The number of nitrogens with one attached hydrogen (secondary N) is 1. The molecular weight excluding hydrogens is 411 g/mol. The van der Waals surface area contributed by atoms with Crippen LogP contribution in [0, 0.1) is 13.8 Å². The minimum absolute atomic E-state index is 0.155. The highest BCUT2D eigenvalue weighted by Gasteiger charge is 2.37. The van der Waals surface area contributed by atoms with Crippen molar-refractivity contribution < 1.29 is 22.4 Å².